The van der Waals surface area contributed by atoms with Crippen molar-refractivity contribution in [1.82, 2.24) is 9.71 Å². The molecule has 0 unspecified atom stereocenters. The van der Waals surface area contributed by atoms with E-state index in [0.717, 1.165) is 18.2 Å². The number of nitrogens with zero attached hydrogens (tertiary/aromatic N) is 2. The summed E-state index contributed by atoms with van der Waals surface area (Å²) in [4.78, 5) is 24.5. The Hall–Kier alpha value is -2.37. The summed E-state index contributed by atoms with van der Waals surface area (Å²) in [5.74, 6) is -1.46. The number of aromatic carboxylic acids is 1. The van der Waals surface area contributed by atoms with E-state index >= 15 is 0 Å². The van der Waals surface area contributed by atoms with Crippen LogP contribution >= 0.6 is 11.3 Å². The van der Waals surface area contributed by atoms with Crippen molar-refractivity contribution in [2.24, 2.45) is 0 Å². The summed E-state index contributed by atoms with van der Waals surface area (Å²) in [6, 6.07) is 1.81. The van der Waals surface area contributed by atoms with Gasteiger partial charge in [-0.2, -0.15) is 0 Å². The highest BCUT2D eigenvalue weighted by molar-refractivity contribution is 7.89. The fraction of sp³-hybridized carbons (Fsp3) is 0.167. The standard InChI is InChI=1S/C12H11N3O6S2/c1-7(11-13-2-3-22-11)14-23(20,21)10-5-8(12(16)17)4-9(6-10)15(18)19/h2-7,14H,1H3,(H,16,17)/t7-/m0/s1. The first-order valence-electron chi connectivity index (χ1n) is 6.15. The number of hydrogen-bond donors (Lipinski definition) is 2. The molecule has 2 aromatic rings. The molecule has 0 bridgehead atoms. The number of thiazole rings is 1. The number of nitro benzene ring substituents is 1. The number of aromatic nitrogens is 1. The Morgan fingerprint density at radius 1 is 1.43 bits per heavy atom. The van der Waals surface area contributed by atoms with Crippen LogP contribution in [0.25, 0.3) is 0 Å². The van der Waals surface area contributed by atoms with Crippen LogP contribution in [0.2, 0.25) is 0 Å². The van der Waals surface area contributed by atoms with E-state index in [4.69, 9.17) is 5.11 Å². The zero-order valence-electron chi connectivity index (χ0n) is 11.7. The Kier molecular flexibility index (Phi) is 4.73. The van der Waals surface area contributed by atoms with Crippen LogP contribution in [0.5, 0.6) is 0 Å². The van der Waals surface area contributed by atoms with Crippen LogP contribution in [0.15, 0.2) is 34.7 Å². The van der Waals surface area contributed by atoms with Gasteiger partial charge in [-0.1, -0.05) is 0 Å². The van der Waals surface area contributed by atoms with Crippen molar-refractivity contribution in [2.45, 2.75) is 17.9 Å². The average molecular weight is 357 g/mol. The van der Waals surface area contributed by atoms with Crippen molar-refractivity contribution in [3.8, 4) is 0 Å². The van der Waals surface area contributed by atoms with Gasteiger partial charge in [0, 0.05) is 23.7 Å². The lowest BCUT2D eigenvalue weighted by atomic mass is 10.2. The smallest absolute Gasteiger partial charge is 0.335 e. The third-order valence-corrected chi connectivity index (χ3v) is 5.29. The maximum absolute atomic E-state index is 12.3. The predicted molar refractivity (Wildman–Crippen MR) is 80.9 cm³/mol. The SMILES string of the molecule is C[C@H](NS(=O)(=O)c1cc(C(=O)O)cc([N+](=O)[O-])c1)c1nccs1. The number of nitro groups is 1. The second kappa shape index (κ2) is 6.40. The van der Waals surface area contributed by atoms with Crippen LogP contribution in [0.1, 0.15) is 28.3 Å². The van der Waals surface area contributed by atoms with Gasteiger partial charge in [0.15, 0.2) is 0 Å². The van der Waals surface area contributed by atoms with Gasteiger partial charge >= 0.3 is 5.97 Å². The molecule has 1 atom stereocenters. The largest absolute Gasteiger partial charge is 0.478 e. The number of hydrogen-bond acceptors (Lipinski definition) is 7. The summed E-state index contributed by atoms with van der Waals surface area (Å²) < 4.78 is 27.0. The molecule has 0 amide bonds. The van der Waals surface area contributed by atoms with Crippen molar-refractivity contribution in [3.63, 3.8) is 0 Å². The fourth-order valence-electron chi connectivity index (χ4n) is 1.77. The highest BCUT2D eigenvalue weighted by Crippen LogP contribution is 2.23. The summed E-state index contributed by atoms with van der Waals surface area (Å²) in [7, 11) is -4.15. The lowest BCUT2D eigenvalue weighted by molar-refractivity contribution is -0.385. The molecule has 23 heavy (non-hydrogen) atoms. The van der Waals surface area contributed by atoms with Crippen LogP contribution < -0.4 is 4.72 Å². The molecule has 0 fully saturated rings. The van der Waals surface area contributed by atoms with Crippen LogP contribution in [0.3, 0.4) is 0 Å². The summed E-state index contributed by atoms with van der Waals surface area (Å²) in [5.41, 5.74) is -1.10. The van der Waals surface area contributed by atoms with E-state index in [1.807, 2.05) is 0 Å². The summed E-state index contributed by atoms with van der Waals surface area (Å²) in [6.07, 6.45) is 1.51. The molecule has 0 aliphatic rings. The van der Waals surface area contributed by atoms with E-state index in [1.54, 1.807) is 12.3 Å². The zero-order valence-corrected chi connectivity index (χ0v) is 13.3. The Morgan fingerprint density at radius 3 is 2.65 bits per heavy atom. The maximum Gasteiger partial charge on any atom is 0.335 e. The number of carbonyl (C=O) groups is 1. The van der Waals surface area contributed by atoms with E-state index < -0.39 is 43.1 Å². The lowest BCUT2D eigenvalue weighted by Gasteiger charge is -2.12. The molecule has 0 radical (unpaired) electrons. The van der Waals surface area contributed by atoms with Crippen LogP contribution in [0, 0.1) is 10.1 Å². The highest BCUT2D eigenvalue weighted by Gasteiger charge is 2.24. The first-order chi connectivity index (χ1) is 10.7. The molecule has 122 valence electrons. The van der Waals surface area contributed by atoms with Crippen LogP contribution in [-0.2, 0) is 10.0 Å². The van der Waals surface area contributed by atoms with Gasteiger partial charge in [0.1, 0.15) is 5.01 Å². The van der Waals surface area contributed by atoms with Gasteiger partial charge in [0.2, 0.25) is 10.0 Å². The lowest BCUT2D eigenvalue weighted by Crippen LogP contribution is -2.27. The van der Waals surface area contributed by atoms with Gasteiger partial charge in [-0.25, -0.2) is 22.9 Å². The minimum Gasteiger partial charge on any atom is -0.478 e. The Bertz CT molecular complexity index is 815. The normalized spacial score (nSPS) is 12.7. The predicted octanol–water partition coefficient (Wildman–Crippen LogP) is 1.79. The van der Waals surface area contributed by atoms with E-state index in [0.29, 0.717) is 5.01 Å². The minimum absolute atomic E-state index is 0.485. The van der Waals surface area contributed by atoms with Crippen molar-refractivity contribution < 1.29 is 23.2 Å². The number of carboxylic acid groups (broad SMARTS) is 1. The summed E-state index contributed by atoms with van der Waals surface area (Å²) in [5, 5.41) is 22.0. The van der Waals surface area contributed by atoms with Gasteiger partial charge < -0.3 is 5.11 Å². The van der Waals surface area contributed by atoms with Gasteiger partial charge in [-0.3, -0.25) is 10.1 Å². The van der Waals surface area contributed by atoms with E-state index in [1.165, 1.54) is 17.5 Å². The molecule has 1 heterocycles. The molecule has 9 nitrogen and oxygen atoms in total. The van der Waals surface area contributed by atoms with Crippen molar-refractivity contribution in [3.05, 3.63) is 50.5 Å². The molecule has 0 saturated heterocycles. The van der Waals surface area contributed by atoms with Crippen molar-refractivity contribution in [2.75, 3.05) is 0 Å². The van der Waals surface area contributed by atoms with Gasteiger partial charge in [0.25, 0.3) is 5.69 Å². The molecular weight excluding hydrogens is 346 g/mol. The molecule has 1 aromatic heterocycles. The molecule has 2 N–H and O–H groups in total. The monoisotopic (exact) mass is 357 g/mol. The van der Waals surface area contributed by atoms with Crippen LogP contribution in [-0.4, -0.2) is 29.4 Å². The summed E-state index contributed by atoms with van der Waals surface area (Å²) >= 11 is 1.24. The average Bonchev–Trinajstić information content (AvgIpc) is 3.00. The second-order valence-electron chi connectivity index (χ2n) is 4.49. The van der Waals surface area contributed by atoms with Crippen molar-refractivity contribution in [1.29, 1.82) is 0 Å². The van der Waals surface area contributed by atoms with E-state index in [2.05, 4.69) is 9.71 Å². The highest BCUT2D eigenvalue weighted by atomic mass is 32.2. The van der Waals surface area contributed by atoms with Gasteiger partial charge in [0.05, 0.1) is 21.4 Å². The molecular formula is C12H11N3O6S2. The first-order valence-corrected chi connectivity index (χ1v) is 8.51. The van der Waals surface area contributed by atoms with Gasteiger partial charge in [-0.05, 0) is 13.0 Å². The van der Waals surface area contributed by atoms with E-state index in [-0.39, 0.29) is 0 Å². The Balaban J connectivity index is 2.42. The molecule has 0 saturated carbocycles. The number of carboxylic acids is 1. The molecule has 0 aliphatic carbocycles. The number of nitrogens with one attached hydrogen (secondary N) is 1. The van der Waals surface area contributed by atoms with Crippen molar-refractivity contribution >= 4 is 33.0 Å². The quantitative estimate of drug-likeness (QED) is 0.593. The molecule has 0 aliphatic heterocycles. The Labute approximate surface area is 134 Å². The number of non-ortho nitro benzene ring substituents is 1. The molecule has 0 spiro atoms. The maximum atomic E-state index is 12.3. The zero-order chi connectivity index (χ0) is 17.2. The third-order valence-electron chi connectivity index (χ3n) is 2.81. The molecule has 2 rings (SSSR count). The fourth-order valence-corrected chi connectivity index (χ4v) is 3.76. The Morgan fingerprint density at radius 2 is 2.13 bits per heavy atom. The number of benzene rings is 1. The number of sulfonamides is 1. The molecule has 11 heteroatoms. The van der Waals surface area contributed by atoms with E-state index in [9.17, 15) is 23.3 Å². The molecule has 1 aromatic carbocycles. The third kappa shape index (κ3) is 3.88. The topological polar surface area (TPSA) is 140 Å². The number of rotatable bonds is 6. The second-order valence-corrected chi connectivity index (χ2v) is 7.13. The first kappa shape index (κ1) is 17.0. The minimum atomic E-state index is -4.15. The summed E-state index contributed by atoms with van der Waals surface area (Å²) in [6.45, 7) is 1.56. The van der Waals surface area contributed by atoms with Crippen LogP contribution in [0.4, 0.5) is 5.69 Å². The van der Waals surface area contributed by atoms with Gasteiger partial charge in [-0.15, -0.1) is 11.3 Å².